The first-order chi connectivity index (χ1) is 7.57. The molecule has 2 heterocycles. The minimum absolute atomic E-state index is 0.0939. The molecule has 0 aliphatic carbocycles. The number of anilines is 1. The number of ether oxygens (including phenoxy) is 2. The van der Waals surface area contributed by atoms with Gasteiger partial charge in [0, 0.05) is 12.7 Å². The Labute approximate surface area is 96.0 Å². The van der Waals surface area contributed by atoms with Gasteiger partial charge in [0.2, 0.25) is 0 Å². The molecule has 0 amide bonds. The van der Waals surface area contributed by atoms with Crippen molar-refractivity contribution in [1.29, 1.82) is 0 Å². The molecule has 4 nitrogen and oxygen atoms in total. The van der Waals surface area contributed by atoms with Gasteiger partial charge in [0.1, 0.15) is 11.9 Å². The number of pyridine rings is 1. The molecule has 1 atom stereocenters. The summed E-state index contributed by atoms with van der Waals surface area (Å²) in [6, 6.07) is 3.96. The average molecular weight is 222 g/mol. The van der Waals surface area contributed by atoms with Crippen LogP contribution in [-0.4, -0.2) is 30.0 Å². The van der Waals surface area contributed by atoms with Crippen LogP contribution in [0.25, 0.3) is 0 Å². The Hall–Kier alpha value is -1.13. The fourth-order valence-electron chi connectivity index (χ4n) is 1.74. The Morgan fingerprint density at radius 3 is 3.00 bits per heavy atom. The summed E-state index contributed by atoms with van der Waals surface area (Å²) in [5.41, 5.74) is 1.14. The number of nitrogens with zero attached hydrogens (tertiary/aromatic N) is 1. The van der Waals surface area contributed by atoms with Crippen LogP contribution in [0.2, 0.25) is 0 Å². The van der Waals surface area contributed by atoms with Crippen molar-refractivity contribution in [1.82, 2.24) is 4.98 Å². The highest BCUT2D eigenvalue weighted by molar-refractivity contribution is 5.42. The zero-order valence-electron chi connectivity index (χ0n) is 9.99. The molecule has 88 valence electrons. The molecule has 1 N–H and O–H groups in total. The van der Waals surface area contributed by atoms with Gasteiger partial charge in [-0.3, -0.25) is 0 Å². The lowest BCUT2D eigenvalue weighted by molar-refractivity contribution is -0.136. The van der Waals surface area contributed by atoms with E-state index >= 15 is 0 Å². The number of aromatic nitrogens is 1. The van der Waals surface area contributed by atoms with Gasteiger partial charge in [0.25, 0.3) is 0 Å². The van der Waals surface area contributed by atoms with Gasteiger partial charge < -0.3 is 14.8 Å². The molecule has 0 saturated carbocycles. The number of aryl methyl sites for hydroxylation is 1. The molecular formula is C12H18N2O2. The third-order valence-corrected chi connectivity index (χ3v) is 2.57. The van der Waals surface area contributed by atoms with Crippen LogP contribution in [0, 0.1) is 6.92 Å². The second-order valence-corrected chi connectivity index (χ2v) is 4.50. The van der Waals surface area contributed by atoms with Gasteiger partial charge in [-0.1, -0.05) is 6.07 Å². The standard InChI is InChI=1S/C12H18N2O2/c1-9-5-4-6-13-11(9)14-7-10-8-15-12(2,3)16-10/h4-6,10H,7-8H2,1-3H3,(H,13,14). The summed E-state index contributed by atoms with van der Waals surface area (Å²) in [5.74, 6) is 0.460. The van der Waals surface area contributed by atoms with E-state index in [1.165, 1.54) is 0 Å². The Kier molecular flexibility index (Phi) is 3.12. The highest BCUT2D eigenvalue weighted by Crippen LogP contribution is 2.22. The molecule has 0 radical (unpaired) electrons. The third kappa shape index (κ3) is 2.71. The Balaban J connectivity index is 1.87. The molecular weight excluding hydrogens is 204 g/mol. The second-order valence-electron chi connectivity index (χ2n) is 4.50. The van der Waals surface area contributed by atoms with Gasteiger partial charge in [-0.25, -0.2) is 4.98 Å². The summed E-state index contributed by atoms with van der Waals surface area (Å²) in [5, 5.41) is 3.28. The summed E-state index contributed by atoms with van der Waals surface area (Å²) in [7, 11) is 0. The topological polar surface area (TPSA) is 43.4 Å². The fraction of sp³-hybridized carbons (Fsp3) is 0.583. The van der Waals surface area contributed by atoms with Crippen molar-refractivity contribution >= 4 is 5.82 Å². The molecule has 1 aliphatic heterocycles. The van der Waals surface area contributed by atoms with E-state index in [1.54, 1.807) is 6.20 Å². The Morgan fingerprint density at radius 2 is 2.38 bits per heavy atom. The van der Waals surface area contributed by atoms with Gasteiger partial charge in [-0.05, 0) is 32.4 Å². The van der Waals surface area contributed by atoms with Crippen molar-refractivity contribution in [3.63, 3.8) is 0 Å². The zero-order chi connectivity index (χ0) is 11.6. The molecule has 1 aromatic heterocycles. The lowest BCUT2D eigenvalue weighted by Gasteiger charge is -2.17. The van der Waals surface area contributed by atoms with Crippen molar-refractivity contribution in [2.24, 2.45) is 0 Å². The van der Waals surface area contributed by atoms with E-state index in [9.17, 15) is 0 Å². The average Bonchev–Trinajstić information content (AvgIpc) is 2.57. The van der Waals surface area contributed by atoms with Crippen molar-refractivity contribution in [3.05, 3.63) is 23.9 Å². The molecule has 4 heteroatoms. The van der Waals surface area contributed by atoms with Gasteiger partial charge in [0.15, 0.2) is 5.79 Å². The minimum atomic E-state index is -0.453. The zero-order valence-corrected chi connectivity index (χ0v) is 9.99. The van der Waals surface area contributed by atoms with E-state index in [-0.39, 0.29) is 6.10 Å². The van der Waals surface area contributed by atoms with Gasteiger partial charge in [0.05, 0.1) is 6.61 Å². The van der Waals surface area contributed by atoms with E-state index < -0.39 is 5.79 Å². The highest BCUT2D eigenvalue weighted by Gasteiger charge is 2.32. The van der Waals surface area contributed by atoms with E-state index in [0.717, 1.165) is 17.9 Å². The highest BCUT2D eigenvalue weighted by atomic mass is 16.7. The van der Waals surface area contributed by atoms with Crippen molar-refractivity contribution < 1.29 is 9.47 Å². The number of rotatable bonds is 3. The molecule has 1 aliphatic rings. The van der Waals surface area contributed by atoms with Crippen LogP contribution in [0.1, 0.15) is 19.4 Å². The van der Waals surface area contributed by atoms with Crippen LogP contribution in [0.4, 0.5) is 5.82 Å². The van der Waals surface area contributed by atoms with Crippen molar-refractivity contribution in [2.45, 2.75) is 32.7 Å². The van der Waals surface area contributed by atoms with Crippen LogP contribution in [0.5, 0.6) is 0 Å². The molecule has 1 unspecified atom stereocenters. The fourth-order valence-corrected chi connectivity index (χ4v) is 1.74. The summed E-state index contributed by atoms with van der Waals surface area (Å²) < 4.78 is 11.2. The lowest BCUT2D eigenvalue weighted by atomic mass is 10.3. The summed E-state index contributed by atoms with van der Waals surface area (Å²) >= 11 is 0. The van der Waals surface area contributed by atoms with E-state index in [0.29, 0.717) is 6.61 Å². The minimum Gasteiger partial charge on any atom is -0.367 e. The molecule has 1 fully saturated rings. The number of nitrogens with one attached hydrogen (secondary N) is 1. The first-order valence-electron chi connectivity index (χ1n) is 5.54. The first kappa shape index (κ1) is 11.4. The predicted octanol–water partition coefficient (Wildman–Crippen LogP) is 1.95. The predicted molar refractivity (Wildman–Crippen MR) is 62.4 cm³/mol. The molecule has 1 aromatic rings. The lowest BCUT2D eigenvalue weighted by Crippen LogP contribution is -2.26. The van der Waals surface area contributed by atoms with Gasteiger partial charge in [-0.2, -0.15) is 0 Å². The maximum atomic E-state index is 5.70. The van der Waals surface area contributed by atoms with Crippen LogP contribution < -0.4 is 5.32 Å². The monoisotopic (exact) mass is 222 g/mol. The Morgan fingerprint density at radius 1 is 1.56 bits per heavy atom. The SMILES string of the molecule is Cc1cccnc1NCC1COC(C)(C)O1. The largest absolute Gasteiger partial charge is 0.367 e. The van der Waals surface area contributed by atoms with Crippen LogP contribution in [0.15, 0.2) is 18.3 Å². The molecule has 0 spiro atoms. The van der Waals surface area contributed by atoms with Gasteiger partial charge >= 0.3 is 0 Å². The van der Waals surface area contributed by atoms with Crippen LogP contribution in [-0.2, 0) is 9.47 Å². The quantitative estimate of drug-likeness (QED) is 0.849. The molecule has 0 aromatic carbocycles. The van der Waals surface area contributed by atoms with Crippen LogP contribution in [0.3, 0.4) is 0 Å². The van der Waals surface area contributed by atoms with Crippen molar-refractivity contribution in [3.8, 4) is 0 Å². The Bertz CT molecular complexity index is 366. The van der Waals surface area contributed by atoms with Crippen LogP contribution >= 0.6 is 0 Å². The number of hydrogen-bond acceptors (Lipinski definition) is 4. The summed E-state index contributed by atoms with van der Waals surface area (Å²) in [6.45, 7) is 7.25. The third-order valence-electron chi connectivity index (χ3n) is 2.57. The van der Waals surface area contributed by atoms with E-state index in [4.69, 9.17) is 9.47 Å². The number of hydrogen-bond donors (Lipinski definition) is 1. The van der Waals surface area contributed by atoms with E-state index in [2.05, 4.69) is 10.3 Å². The first-order valence-corrected chi connectivity index (χ1v) is 5.54. The smallest absolute Gasteiger partial charge is 0.163 e. The maximum absolute atomic E-state index is 5.70. The summed E-state index contributed by atoms with van der Waals surface area (Å²) in [6.07, 6.45) is 1.88. The van der Waals surface area contributed by atoms with Gasteiger partial charge in [-0.15, -0.1) is 0 Å². The normalized spacial score (nSPS) is 23.3. The van der Waals surface area contributed by atoms with Crippen molar-refractivity contribution in [2.75, 3.05) is 18.5 Å². The summed E-state index contributed by atoms with van der Waals surface area (Å²) in [4.78, 5) is 4.27. The molecule has 16 heavy (non-hydrogen) atoms. The second kappa shape index (κ2) is 4.39. The van der Waals surface area contributed by atoms with E-state index in [1.807, 2.05) is 32.9 Å². The molecule has 2 rings (SSSR count). The molecule has 1 saturated heterocycles. The molecule has 0 bridgehead atoms. The maximum Gasteiger partial charge on any atom is 0.163 e.